The lowest BCUT2D eigenvalue weighted by atomic mass is 10.2. The zero-order valence-electron chi connectivity index (χ0n) is 11.9. The Labute approximate surface area is 125 Å². The second kappa shape index (κ2) is 6.41. The Balaban J connectivity index is 1.66. The molecular formula is C14H21N3O3S. The monoisotopic (exact) mass is 311 g/mol. The van der Waals surface area contributed by atoms with E-state index in [0.717, 1.165) is 5.56 Å². The molecule has 0 bridgehead atoms. The smallest absolute Gasteiger partial charge is 0.253 e. The van der Waals surface area contributed by atoms with Crippen molar-refractivity contribution in [2.75, 3.05) is 26.3 Å². The molecule has 1 aliphatic heterocycles. The molecule has 1 aromatic carbocycles. The van der Waals surface area contributed by atoms with Gasteiger partial charge in [-0.2, -0.15) is 0 Å². The number of hydrogen-bond donors (Lipinski definition) is 2. The van der Waals surface area contributed by atoms with Crippen LogP contribution in [0.1, 0.15) is 18.4 Å². The van der Waals surface area contributed by atoms with E-state index in [1.165, 1.54) is 12.8 Å². The third-order valence-corrected chi connectivity index (χ3v) is 5.01. The van der Waals surface area contributed by atoms with Gasteiger partial charge in [-0.3, -0.25) is 0 Å². The van der Waals surface area contributed by atoms with Crippen molar-refractivity contribution in [3.05, 3.63) is 29.8 Å². The lowest BCUT2D eigenvalue weighted by Gasteiger charge is -2.26. The van der Waals surface area contributed by atoms with Gasteiger partial charge in [-0.15, -0.1) is 4.83 Å². The highest BCUT2D eigenvalue weighted by Gasteiger charge is 2.22. The maximum atomic E-state index is 12.4. The van der Waals surface area contributed by atoms with Gasteiger partial charge < -0.3 is 10.1 Å². The number of sulfonamides is 1. The molecule has 1 saturated heterocycles. The fourth-order valence-electron chi connectivity index (χ4n) is 2.25. The summed E-state index contributed by atoms with van der Waals surface area (Å²) in [5.41, 5.74) is 0.992. The van der Waals surface area contributed by atoms with Gasteiger partial charge in [0.2, 0.25) is 0 Å². The van der Waals surface area contributed by atoms with Gasteiger partial charge in [0.1, 0.15) is 0 Å². The fraction of sp³-hybridized carbons (Fsp3) is 0.571. The van der Waals surface area contributed by atoms with Gasteiger partial charge in [-0.05, 0) is 30.5 Å². The van der Waals surface area contributed by atoms with Crippen LogP contribution in [0.2, 0.25) is 0 Å². The Morgan fingerprint density at radius 3 is 2.71 bits per heavy atom. The summed E-state index contributed by atoms with van der Waals surface area (Å²) >= 11 is 0. The van der Waals surface area contributed by atoms with Crippen molar-refractivity contribution in [2.45, 2.75) is 30.3 Å². The first-order valence-corrected chi connectivity index (χ1v) is 8.79. The molecule has 0 aromatic heterocycles. The summed E-state index contributed by atoms with van der Waals surface area (Å²) in [7, 11) is -3.51. The fourth-order valence-corrected chi connectivity index (χ4v) is 3.44. The Morgan fingerprint density at radius 2 is 2.00 bits per heavy atom. The van der Waals surface area contributed by atoms with E-state index in [2.05, 4.69) is 10.1 Å². The standard InChI is InChI=1S/C14H21N3O3S/c18-21(19,16-17-6-8-20-9-7-17)14-3-1-2-12(10-14)11-15-13-4-5-13/h1-3,10,13,15-16H,4-9,11H2. The van der Waals surface area contributed by atoms with Crippen molar-refractivity contribution in [2.24, 2.45) is 0 Å². The van der Waals surface area contributed by atoms with Crippen LogP contribution in [0, 0.1) is 0 Å². The highest BCUT2D eigenvalue weighted by Crippen LogP contribution is 2.20. The van der Waals surface area contributed by atoms with Crippen LogP contribution in [0.3, 0.4) is 0 Å². The van der Waals surface area contributed by atoms with Crippen LogP contribution in [0.25, 0.3) is 0 Å². The molecule has 1 aromatic rings. The van der Waals surface area contributed by atoms with Gasteiger partial charge in [-0.1, -0.05) is 12.1 Å². The van der Waals surface area contributed by atoms with E-state index in [4.69, 9.17) is 4.74 Å². The van der Waals surface area contributed by atoms with E-state index < -0.39 is 10.0 Å². The summed E-state index contributed by atoms with van der Waals surface area (Å²) in [6.45, 7) is 2.96. The minimum Gasteiger partial charge on any atom is -0.379 e. The molecule has 2 fully saturated rings. The number of ether oxygens (including phenoxy) is 1. The summed E-state index contributed by atoms with van der Waals surface area (Å²) in [5, 5.41) is 5.08. The minimum absolute atomic E-state index is 0.309. The van der Waals surface area contributed by atoms with Crippen LogP contribution in [0.5, 0.6) is 0 Å². The van der Waals surface area contributed by atoms with Gasteiger partial charge in [-0.25, -0.2) is 13.4 Å². The Hall–Kier alpha value is -0.990. The number of morpholine rings is 1. The van der Waals surface area contributed by atoms with E-state index in [1.54, 1.807) is 23.2 Å². The number of hydrogen-bond acceptors (Lipinski definition) is 5. The SMILES string of the molecule is O=S(=O)(NN1CCOCC1)c1cccc(CNC2CC2)c1. The number of benzene rings is 1. The van der Waals surface area contributed by atoms with Crippen molar-refractivity contribution in [1.29, 1.82) is 0 Å². The average Bonchev–Trinajstić information content (AvgIpc) is 3.30. The molecule has 0 atom stereocenters. The van der Waals surface area contributed by atoms with Crippen LogP contribution in [-0.4, -0.2) is 45.8 Å². The quantitative estimate of drug-likeness (QED) is 0.799. The van der Waals surface area contributed by atoms with Crippen molar-refractivity contribution in [3.8, 4) is 0 Å². The first kappa shape index (κ1) is 14.9. The normalized spacial score (nSPS) is 20.6. The molecule has 21 heavy (non-hydrogen) atoms. The van der Waals surface area contributed by atoms with Gasteiger partial charge in [0.05, 0.1) is 18.1 Å². The summed E-state index contributed by atoms with van der Waals surface area (Å²) in [5.74, 6) is 0. The van der Waals surface area contributed by atoms with Crippen molar-refractivity contribution in [1.82, 2.24) is 15.2 Å². The Morgan fingerprint density at radius 1 is 1.24 bits per heavy atom. The third kappa shape index (κ3) is 4.24. The molecular weight excluding hydrogens is 290 g/mol. The lowest BCUT2D eigenvalue weighted by Crippen LogP contribution is -2.48. The molecule has 0 unspecified atom stereocenters. The van der Waals surface area contributed by atoms with Crippen molar-refractivity contribution in [3.63, 3.8) is 0 Å². The lowest BCUT2D eigenvalue weighted by molar-refractivity contribution is 0.0272. The number of rotatable bonds is 6. The van der Waals surface area contributed by atoms with Crippen molar-refractivity contribution >= 4 is 10.0 Å². The molecule has 1 aliphatic carbocycles. The molecule has 0 radical (unpaired) electrons. The zero-order valence-corrected chi connectivity index (χ0v) is 12.7. The molecule has 2 N–H and O–H groups in total. The van der Waals surface area contributed by atoms with E-state index in [0.29, 0.717) is 43.8 Å². The summed E-state index contributed by atoms with van der Waals surface area (Å²) in [6, 6.07) is 7.71. The molecule has 116 valence electrons. The van der Waals surface area contributed by atoms with E-state index in [1.807, 2.05) is 6.07 Å². The minimum atomic E-state index is -3.51. The predicted molar refractivity (Wildman–Crippen MR) is 79.0 cm³/mol. The van der Waals surface area contributed by atoms with Crippen LogP contribution >= 0.6 is 0 Å². The average molecular weight is 311 g/mol. The second-order valence-corrected chi connectivity index (χ2v) is 7.16. The van der Waals surface area contributed by atoms with E-state index >= 15 is 0 Å². The summed E-state index contributed by atoms with van der Waals surface area (Å²) in [6.07, 6.45) is 2.44. The molecule has 0 amide bonds. The number of hydrazine groups is 1. The second-order valence-electron chi connectivity index (χ2n) is 5.50. The Kier molecular flexibility index (Phi) is 4.56. The van der Waals surface area contributed by atoms with Crippen LogP contribution in [-0.2, 0) is 21.3 Å². The van der Waals surface area contributed by atoms with Crippen molar-refractivity contribution < 1.29 is 13.2 Å². The maximum Gasteiger partial charge on any atom is 0.253 e. The molecule has 2 aliphatic rings. The van der Waals surface area contributed by atoms with Gasteiger partial charge >= 0.3 is 0 Å². The molecule has 3 rings (SSSR count). The highest BCUT2D eigenvalue weighted by atomic mass is 32.2. The molecule has 6 nitrogen and oxygen atoms in total. The first-order chi connectivity index (χ1) is 10.1. The largest absolute Gasteiger partial charge is 0.379 e. The molecule has 1 heterocycles. The van der Waals surface area contributed by atoms with Gasteiger partial charge in [0.15, 0.2) is 0 Å². The highest BCUT2D eigenvalue weighted by molar-refractivity contribution is 7.89. The van der Waals surface area contributed by atoms with Gasteiger partial charge in [0, 0.05) is 25.7 Å². The van der Waals surface area contributed by atoms with Crippen LogP contribution < -0.4 is 10.1 Å². The van der Waals surface area contributed by atoms with Gasteiger partial charge in [0.25, 0.3) is 10.0 Å². The number of nitrogens with one attached hydrogen (secondary N) is 2. The number of nitrogens with zero attached hydrogens (tertiary/aromatic N) is 1. The zero-order chi connectivity index (χ0) is 14.7. The van der Waals surface area contributed by atoms with E-state index in [-0.39, 0.29) is 0 Å². The maximum absolute atomic E-state index is 12.4. The topological polar surface area (TPSA) is 70.7 Å². The predicted octanol–water partition coefficient (Wildman–Crippen LogP) is 0.464. The van der Waals surface area contributed by atoms with E-state index in [9.17, 15) is 8.42 Å². The third-order valence-electron chi connectivity index (χ3n) is 3.64. The summed E-state index contributed by atoms with van der Waals surface area (Å²) in [4.78, 5) is 2.93. The molecule has 1 saturated carbocycles. The summed E-state index contributed by atoms with van der Waals surface area (Å²) < 4.78 is 30.0. The van der Waals surface area contributed by atoms with Crippen LogP contribution in [0.4, 0.5) is 0 Å². The molecule has 0 spiro atoms. The first-order valence-electron chi connectivity index (χ1n) is 7.31. The Bertz CT molecular complexity index is 581. The molecule has 7 heteroatoms. The van der Waals surface area contributed by atoms with Crippen LogP contribution in [0.15, 0.2) is 29.2 Å².